The average Bonchev–Trinajstić information content (AvgIpc) is 2.59. The van der Waals surface area contributed by atoms with Crippen LogP contribution < -0.4 is 0 Å². The average molecular weight is 332 g/mol. The van der Waals surface area contributed by atoms with Gasteiger partial charge in [0.25, 0.3) is 0 Å². The van der Waals surface area contributed by atoms with Crippen molar-refractivity contribution in [2.24, 2.45) is 5.41 Å². The van der Waals surface area contributed by atoms with Crippen molar-refractivity contribution in [1.29, 1.82) is 0 Å². The topological polar surface area (TPSA) is 26.3 Å². The third-order valence-corrected chi connectivity index (χ3v) is 5.14. The lowest BCUT2D eigenvalue weighted by Gasteiger charge is -2.29. The van der Waals surface area contributed by atoms with E-state index < -0.39 is 5.41 Å². The van der Waals surface area contributed by atoms with Crippen molar-refractivity contribution < 1.29 is 9.53 Å². The predicted molar refractivity (Wildman–Crippen MR) is 103 cm³/mol. The molecule has 0 N–H and O–H groups in total. The van der Waals surface area contributed by atoms with Crippen molar-refractivity contribution in [3.63, 3.8) is 0 Å². The minimum atomic E-state index is -0.468. The number of hydrogen-bond acceptors (Lipinski definition) is 2. The number of carbonyl (C=O) groups is 1. The van der Waals surface area contributed by atoms with E-state index in [9.17, 15) is 4.79 Å². The van der Waals surface area contributed by atoms with Crippen LogP contribution in [-0.4, -0.2) is 5.97 Å². The molecule has 1 atom stereocenters. The summed E-state index contributed by atoms with van der Waals surface area (Å²) < 4.78 is 5.88. The molecule has 128 valence electrons. The van der Waals surface area contributed by atoms with Gasteiger partial charge in [-0.15, -0.1) is 0 Å². The lowest BCUT2D eigenvalue weighted by Crippen LogP contribution is -2.26. The van der Waals surface area contributed by atoms with Crippen LogP contribution in [0.3, 0.4) is 0 Å². The fraction of sp³-hybridized carbons (Fsp3) is 0.348. The monoisotopic (exact) mass is 332 g/mol. The van der Waals surface area contributed by atoms with Gasteiger partial charge in [-0.05, 0) is 84.8 Å². The third kappa shape index (κ3) is 2.90. The summed E-state index contributed by atoms with van der Waals surface area (Å²) in [4.78, 5) is 12.4. The molecule has 1 aliphatic carbocycles. The molecule has 0 saturated carbocycles. The first kappa shape index (κ1) is 16.1. The highest BCUT2D eigenvalue weighted by molar-refractivity contribution is 6.00. The Hall–Kier alpha value is -2.35. The first-order chi connectivity index (χ1) is 11.9. The Morgan fingerprint density at radius 2 is 1.72 bits per heavy atom. The summed E-state index contributed by atoms with van der Waals surface area (Å²) in [6.07, 6.45) is 2.90. The molecule has 0 radical (unpaired) electrons. The molecule has 2 heteroatoms. The van der Waals surface area contributed by atoms with Crippen LogP contribution in [0, 0.1) is 5.41 Å². The summed E-state index contributed by atoms with van der Waals surface area (Å²) in [5, 5.41) is 5.09. The lowest BCUT2D eigenvalue weighted by atomic mass is 9.85. The van der Waals surface area contributed by atoms with Crippen LogP contribution >= 0.6 is 0 Å². The molecule has 0 bridgehead atoms. The van der Waals surface area contributed by atoms with Crippen LogP contribution in [0.4, 0.5) is 0 Å². The molecule has 1 unspecified atom stereocenters. The number of hydrogen-bond donors (Lipinski definition) is 0. The standard InChI is InChI=1S/C23H24O2/c1-23(2,3)22(24)25-21-10-6-9-18-19(21)12-11-17-13-15-7-4-5-8-16(15)14-20(17)18/h4-5,7-8,11-14,21H,6,9-10H2,1-3H3. The first-order valence-corrected chi connectivity index (χ1v) is 9.09. The second-order valence-corrected chi connectivity index (χ2v) is 8.09. The van der Waals surface area contributed by atoms with Crippen molar-refractivity contribution >= 4 is 27.5 Å². The largest absolute Gasteiger partial charge is 0.457 e. The molecule has 0 heterocycles. The van der Waals surface area contributed by atoms with Crippen molar-refractivity contribution in [3.8, 4) is 0 Å². The molecule has 4 rings (SSSR count). The number of fused-ring (bicyclic) bond motifs is 4. The molecule has 0 amide bonds. The summed E-state index contributed by atoms with van der Waals surface area (Å²) in [6.45, 7) is 5.72. The summed E-state index contributed by atoms with van der Waals surface area (Å²) in [7, 11) is 0. The quantitative estimate of drug-likeness (QED) is 0.406. The summed E-state index contributed by atoms with van der Waals surface area (Å²) in [5.41, 5.74) is 2.07. The highest BCUT2D eigenvalue weighted by Crippen LogP contribution is 2.39. The van der Waals surface area contributed by atoms with E-state index in [1.807, 2.05) is 20.8 Å². The lowest BCUT2D eigenvalue weighted by molar-refractivity contribution is -0.159. The number of carbonyl (C=O) groups excluding carboxylic acids is 1. The van der Waals surface area contributed by atoms with Crippen LogP contribution in [0.25, 0.3) is 21.5 Å². The van der Waals surface area contributed by atoms with Gasteiger partial charge in [-0.1, -0.05) is 36.4 Å². The minimum Gasteiger partial charge on any atom is -0.457 e. The summed E-state index contributed by atoms with van der Waals surface area (Å²) in [6, 6.07) is 17.4. The summed E-state index contributed by atoms with van der Waals surface area (Å²) >= 11 is 0. The highest BCUT2D eigenvalue weighted by atomic mass is 16.5. The maximum atomic E-state index is 12.4. The van der Waals surface area contributed by atoms with Gasteiger partial charge in [-0.25, -0.2) is 0 Å². The molecule has 0 saturated heterocycles. The zero-order valence-corrected chi connectivity index (χ0v) is 15.1. The fourth-order valence-electron chi connectivity index (χ4n) is 3.72. The Labute approximate surface area is 148 Å². The smallest absolute Gasteiger partial charge is 0.311 e. The van der Waals surface area contributed by atoms with E-state index in [4.69, 9.17) is 4.74 Å². The van der Waals surface area contributed by atoms with Crippen LogP contribution in [0.15, 0.2) is 48.5 Å². The van der Waals surface area contributed by atoms with E-state index >= 15 is 0 Å². The maximum absolute atomic E-state index is 12.4. The van der Waals surface area contributed by atoms with E-state index in [1.165, 1.54) is 32.7 Å². The Morgan fingerprint density at radius 1 is 1.00 bits per heavy atom. The Kier molecular flexibility index (Phi) is 3.79. The first-order valence-electron chi connectivity index (χ1n) is 9.09. The molecular weight excluding hydrogens is 308 g/mol. The van der Waals surface area contributed by atoms with Crippen molar-refractivity contribution in [2.45, 2.75) is 46.1 Å². The SMILES string of the molecule is CC(C)(C)C(=O)OC1CCCc2c1ccc1cc3ccccc3cc21. The molecule has 0 aromatic heterocycles. The fourth-order valence-corrected chi connectivity index (χ4v) is 3.72. The maximum Gasteiger partial charge on any atom is 0.311 e. The second-order valence-electron chi connectivity index (χ2n) is 8.09. The molecule has 0 aliphatic heterocycles. The summed E-state index contributed by atoms with van der Waals surface area (Å²) in [5.74, 6) is -0.121. The third-order valence-electron chi connectivity index (χ3n) is 5.14. The molecule has 0 spiro atoms. The number of ether oxygens (including phenoxy) is 1. The van der Waals surface area contributed by atoms with Gasteiger partial charge in [0.15, 0.2) is 0 Å². The number of rotatable bonds is 1. The van der Waals surface area contributed by atoms with E-state index in [-0.39, 0.29) is 12.1 Å². The molecule has 3 aromatic rings. The highest BCUT2D eigenvalue weighted by Gasteiger charge is 2.30. The van der Waals surface area contributed by atoms with Crippen molar-refractivity contribution in [2.75, 3.05) is 0 Å². The second kappa shape index (κ2) is 5.87. The van der Waals surface area contributed by atoms with Gasteiger partial charge in [0, 0.05) is 0 Å². The van der Waals surface area contributed by atoms with E-state index in [0.29, 0.717) is 0 Å². The number of esters is 1. The van der Waals surface area contributed by atoms with Gasteiger partial charge in [-0.3, -0.25) is 4.79 Å². The minimum absolute atomic E-state index is 0.119. The Bertz CT molecular complexity index is 963. The van der Waals surface area contributed by atoms with Gasteiger partial charge in [0.2, 0.25) is 0 Å². The molecule has 1 aliphatic rings. The van der Waals surface area contributed by atoms with E-state index in [0.717, 1.165) is 19.3 Å². The van der Waals surface area contributed by atoms with Crippen LogP contribution in [-0.2, 0) is 16.0 Å². The zero-order valence-electron chi connectivity index (χ0n) is 15.1. The molecule has 3 aromatic carbocycles. The van der Waals surface area contributed by atoms with E-state index in [1.54, 1.807) is 0 Å². The van der Waals surface area contributed by atoms with Crippen molar-refractivity contribution in [3.05, 3.63) is 59.7 Å². The van der Waals surface area contributed by atoms with Crippen LogP contribution in [0.1, 0.15) is 50.8 Å². The normalized spacial score (nSPS) is 17.5. The van der Waals surface area contributed by atoms with Crippen molar-refractivity contribution in [1.82, 2.24) is 0 Å². The predicted octanol–water partition coefficient (Wildman–Crippen LogP) is 5.96. The number of benzene rings is 3. The van der Waals surface area contributed by atoms with Gasteiger partial charge in [0.05, 0.1) is 5.41 Å². The Morgan fingerprint density at radius 3 is 2.44 bits per heavy atom. The van der Waals surface area contributed by atoms with Gasteiger partial charge in [0.1, 0.15) is 6.10 Å². The van der Waals surface area contributed by atoms with Gasteiger partial charge < -0.3 is 4.74 Å². The molecular formula is C23H24O2. The zero-order chi connectivity index (χ0) is 17.6. The van der Waals surface area contributed by atoms with Crippen LogP contribution in [0.2, 0.25) is 0 Å². The van der Waals surface area contributed by atoms with Crippen LogP contribution in [0.5, 0.6) is 0 Å². The van der Waals surface area contributed by atoms with Gasteiger partial charge >= 0.3 is 5.97 Å². The van der Waals surface area contributed by atoms with Gasteiger partial charge in [-0.2, -0.15) is 0 Å². The Balaban J connectivity index is 1.81. The molecule has 25 heavy (non-hydrogen) atoms. The molecule has 0 fully saturated rings. The number of aryl methyl sites for hydroxylation is 1. The van der Waals surface area contributed by atoms with E-state index in [2.05, 4.69) is 48.5 Å². The molecule has 2 nitrogen and oxygen atoms in total.